The molecular weight excluding hydrogens is 164 g/mol. The number of hydrogen-bond acceptors (Lipinski definition) is 2. The third-order valence-corrected chi connectivity index (χ3v) is 4.04. The summed E-state index contributed by atoms with van der Waals surface area (Å²) in [5.74, 6) is 0.981. The summed E-state index contributed by atoms with van der Waals surface area (Å²) in [5.41, 5.74) is 3.18. The second-order valence-electron chi connectivity index (χ2n) is 4.64. The van der Waals surface area contributed by atoms with Gasteiger partial charge >= 0.3 is 0 Å². The lowest BCUT2D eigenvalue weighted by molar-refractivity contribution is -0.109. The Bertz CT molecular complexity index is 269. The average molecular weight is 180 g/mol. The molecule has 3 rings (SSSR count). The minimum absolute atomic E-state index is 0.338. The van der Waals surface area contributed by atoms with Gasteiger partial charge in [0.25, 0.3) is 0 Å². The van der Waals surface area contributed by atoms with Crippen molar-refractivity contribution in [3.8, 4) is 0 Å². The van der Waals surface area contributed by atoms with Gasteiger partial charge in [-0.25, -0.2) is 0 Å². The zero-order valence-corrected chi connectivity index (χ0v) is 7.99. The van der Waals surface area contributed by atoms with Crippen molar-refractivity contribution < 1.29 is 9.84 Å². The number of allylic oxidation sites excluding steroid dienone is 1. The maximum atomic E-state index is 9.69. The van der Waals surface area contributed by atoms with Crippen LogP contribution in [-0.4, -0.2) is 17.5 Å². The summed E-state index contributed by atoms with van der Waals surface area (Å²) in [4.78, 5) is 0. The molecule has 1 saturated heterocycles. The molecule has 3 aliphatic rings. The van der Waals surface area contributed by atoms with Gasteiger partial charge in [-0.3, -0.25) is 0 Å². The number of rotatable bonds is 0. The molecule has 13 heavy (non-hydrogen) atoms. The summed E-state index contributed by atoms with van der Waals surface area (Å²) in [7, 11) is 0. The van der Waals surface area contributed by atoms with Crippen molar-refractivity contribution in [2.24, 2.45) is 11.8 Å². The second kappa shape index (κ2) is 2.58. The van der Waals surface area contributed by atoms with Gasteiger partial charge in [-0.1, -0.05) is 11.1 Å². The van der Waals surface area contributed by atoms with E-state index in [9.17, 15) is 5.11 Å². The predicted octanol–water partition coefficient (Wildman–Crippen LogP) is 1.84. The lowest BCUT2D eigenvalue weighted by Crippen LogP contribution is -2.24. The molecule has 0 aromatic carbocycles. The van der Waals surface area contributed by atoms with Crippen LogP contribution in [0.4, 0.5) is 0 Å². The minimum atomic E-state index is -0.474. The fraction of sp³-hybridized carbons (Fsp3) is 0.818. The van der Waals surface area contributed by atoms with Crippen LogP contribution in [0.1, 0.15) is 32.6 Å². The van der Waals surface area contributed by atoms with E-state index < -0.39 is 6.29 Å². The van der Waals surface area contributed by atoms with Crippen LogP contribution in [0.25, 0.3) is 0 Å². The molecule has 0 bridgehead atoms. The van der Waals surface area contributed by atoms with E-state index in [0.717, 1.165) is 12.8 Å². The van der Waals surface area contributed by atoms with E-state index in [1.54, 1.807) is 11.1 Å². The number of ether oxygens (including phenoxy) is 1. The highest BCUT2D eigenvalue weighted by atomic mass is 16.6. The molecule has 0 aromatic heterocycles. The summed E-state index contributed by atoms with van der Waals surface area (Å²) in [5, 5.41) is 9.69. The zero-order valence-electron chi connectivity index (χ0n) is 7.99. The summed E-state index contributed by atoms with van der Waals surface area (Å²) in [6.45, 7) is 2.25. The maximum absolute atomic E-state index is 9.69. The van der Waals surface area contributed by atoms with Crippen LogP contribution in [0.5, 0.6) is 0 Å². The van der Waals surface area contributed by atoms with E-state index in [0.29, 0.717) is 17.9 Å². The first-order valence-electron chi connectivity index (χ1n) is 5.29. The van der Waals surface area contributed by atoms with Gasteiger partial charge in [0.1, 0.15) is 0 Å². The Labute approximate surface area is 78.6 Å². The van der Waals surface area contributed by atoms with Crippen molar-refractivity contribution in [1.29, 1.82) is 0 Å². The normalized spacial score (nSPS) is 48.5. The van der Waals surface area contributed by atoms with Crippen LogP contribution in [-0.2, 0) is 4.74 Å². The Morgan fingerprint density at radius 2 is 2.15 bits per heavy atom. The van der Waals surface area contributed by atoms with Crippen LogP contribution in [0, 0.1) is 11.8 Å². The molecule has 1 saturated carbocycles. The first kappa shape index (κ1) is 8.01. The fourth-order valence-corrected chi connectivity index (χ4v) is 3.38. The van der Waals surface area contributed by atoms with Crippen LogP contribution < -0.4 is 0 Å². The Morgan fingerprint density at radius 3 is 3.00 bits per heavy atom. The molecule has 1 heterocycles. The van der Waals surface area contributed by atoms with Gasteiger partial charge < -0.3 is 9.84 Å². The van der Waals surface area contributed by atoms with Crippen LogP contribution in [0.2, 0.25) is 0 Å². The van der Waals surface area contributed by atoms with Crippen LogP contribution in [0.3, 0.4) is 0 Å². The molecule has 0 amide bonds. The highest BCUT2D eigenvalue weighted by molar-refractivity contribution is 5.26. The van der Waals surface area contributed by atoms with Crippen LogP contribution in [0.15, 0.2) is 11.1 Å². The Hall–Kier alpha value is -0.340. The molecule has 72 valence electrons. The van der Waals surface area contributed by atoms with Crippen molar-refractivity contribution in [1.82, 2.24) is 0 Å². The molecule has 2 heteroatoms. The van der Waals surface area contributed by atoms with Gasteiger partial charge in [-0.05, 0) is 32.6 Å². The quantitative estimate of drug-likeness (QED) is 0.576. The Morgan fingerprint density at radius 1 is 1.31 bits per heavy atom. The van der Waals surface area contributed by atoms with E-state index in [1.165, 1.54) is 12.8 Å². The minimum Gasteiger partial charge on any atom is -0.368 e. The van der Waals surface area contributed by atoms with Gasteiger partial charge in [-0.2, -0.15) is 0 Å². The van der Waals surface area contributed by atoms with Gasteiger partial charge in [-0.15, -0.1) is 0 Å². The first-order chi connectivity index (χ1) is 6.27. The molecule has 1 N–H and O–H groups in total. The number of aliphatic hydroxyl groups is 1. The Balaban J connectivity index is 2.02. The lowest BCUT2D eigenvalue weighted by atomic mass is 9.77. The molecule has 4 unspecified atom stereocenters. The van der Waals surface area contributed by atoms with Crippen molar-refractivity contribution in [2.45, 2.75) is 45.0 Å². The standard InChI is InChI=1S/C11H16O2/c1-6-2-3-8-10-7(6)4-5-9(10)13-11(8)12/h8-12H,2-5H2,1H3. The van der Waals surface area contributed by atoms with Gasteiger partial charge in [0.2, 0.25) is 0 Å². The van der Waals surface area contributed by atoms with E-state index in [1.807, 2.05) is 0 Å². The molecule has 1 aliphatic heterocycles. The van der Waals surface area contributed by atoms with E-state index in [-0.39, 0.29) is 0 Å². The van der Waals surface area contributed by atoms with E-state index in [4.69, 9.17) is 4.74 Å². The van der Waals surface area contributed by atoms with Crippen molar-refractivity contribution in [3.05, 3.63) is 11.1 Å². The fourth-order valence-electron chi connectivity index (χ4n) is 3.38. The third kappa shape index (κ3) is 0.960. The summed E-state index contributed by atoms with van der Waals surface area (Å²) in [6, 6.07) is 0. The van der Waals surface area contributed by atoms with Gasteiger partial charge in [0.05, 0.1) is 6.10 Å². The largest absolute Gasteiger partial charge is 0.368 e. The second-order valence-corrected chi connectivity index (χ2v) is 4.64. The lowest BCUT2D eigenvalue weighted by Gasteiger charge is -2.27. The topological polar surface area (TPSA) is 29.5 Å². The molecule has 2 fully saturated rings. The first-order valence-corrected chi connectivity index (χ1v) is 5.29. The molecule has 4 atom stereocenters. The average Bonchev–Trinajstić information content (AvgIpc) is 2.61. The molecule has 2 nitrogen and oxygen atoms in total. The predicted molar refractivity (Wildman–Crippen MR) is 49.0 cm³/mol. The summed E-state index contributed by atoms with van der Waals surface area (Å²) in [6.07, 6.45) is 4.50. The van der Waals surface area contributed by atoms with Crippen molar-refractivity contribution >= 4 is 0 Å². The SMILES string of the molecule is CC1=C2CCC3OC(O)C(CC1)C23. The summed E-state index contributed by atoms with van der Waals surface area (Å²) >= 11 is 0. The van der Waals surface area contributed by atoms with E-state index in [2.05, 4.69) is 6.92 Å². The Kier molecular flexibility index (Phi) is 1.59. The van der Waals surface area contributed by atoms with Gasteiger partial charge in [0, 0.05) is 11.8 Å². The monoisotopic (exact) mass is 180 g/mol. The maximum Gasteiger partial charge on any atom is 0.158 e. The highest BCUT2D eigenvalue weighted by Gasteiger charge is 2.50. The molecular formula is C11H16O2. The molecule has 2 aliphatic carbocycles. The molecule has 0 radical (unpaired) electrons. The smallest absolute Gasteiger partial charge is 0.158 e. The molecule has 0 aromatic rings. The number of aliphatic hydroxyl groups excluding tert-OH is 1. The van der Waals surface area contributed by atoms with Crippen molar-refractivity contribution in [2.75, 3.05) is 0 Å². The van der Waals surface area contributed by atoms with E-state index >= 15 is 0 Å². The highest BCUT2D eigenvalue weighted by Crippen LogP contribution is 2.51. The van der Waals surface area contributed by atoms with Crippen molar-refractivity contribution in [3.63, 3.8) is 0 Å². The van der Waals surface area contributed by atoms with Crippen LogP contribution >= 0.6 is 0 Å². The number of hydrogen-bond donors (Lipinski definition) is 1. The summed E-state index contributed by atoms with van der Waals surface area (Å²) < 4.78 is 5.57. The van der Waals surface area contributed by atoms with Gasteiger partial charge in [0.15, 0.2) is 6.29 Å². The third-order valence-electron chi connectivity index (χ3n) is 4.04. The zero-order chi connectivity index (χ0) is 9.00. The molecule has 0 spiro atoms.